The first kappa shape index (κ1) is 19.7. The molecule has 0 spiro atoms. The van der Waals surface area contributed by atoms with E-state index < -0.39 is 21.2 Å². The summed E-state index contributed by atoms with van der Waals surface area (Å²) in [7, 11) is 4.96. The van der Waals surface area contributed by atoms with Crippen molar-refractivity contribution in [3.63, 3.8) is 0 Å². The van der Waals surface area contributed by atoms with E-state index >= 15 is 0 Å². The van der Waals surface area contributed by atoms with Crippen LogP contribution in [0.25, 0.3) is 0 Å². The average molecular weight is 459 g/mol. The van der Waals surface area contributed by atoms with E-state index in [4.69, 9.17) is 23.7 Å². The van der Waals surface area contributed by atoms with E-state index in [1.54, 1.807) is 21.3 Å². The molecule has 0 radical (unpaired) electrons. The monoisotopic (exact) mass is 459 g/mol. The summed E-state index contributed by atoms with van der Waals surface area (Å²) in [4.78, 5) is 0. The normalized spacial score (nSPS) is 10.6. The fraction of sp³-hybridized carbons (Fsp3) is 0.368. The van der Waals surface area contributed by atoms with Crippen LogP contribution in [-0.4, -0.2) is 41.2 Å². The Labute approximate surface area is 159 Å². The van der Waals surface area contributed by atoms with Gasteiger partial charge in [0.25, 0.3) is 0 Å². The molecule has 0 saturated carbocycles. The molecule has 0 heterocycles. The molecule has 0 bridgehead atoms. The van der Waals surface area contributed by atoms with Gasteiger partial charge in [-0.1, -0.05) is 0 Å². The summed E-state index contributed by atoms with van der Waals surface area (Å²) in [6.45, 7) is 3.84. The van der Waals surface area contributed by atoms with Gasteiger partial charge in [-0.3, -0.25) is 0 Å². The quantitative estimate of drug-likeness (QED) is 0.377. The van der Waals surface area contributed by atoms with E-state index in [0.717, 1.165) is 26.6 Å². The number of benzene rings is 2. The predicted octanol–water partition coefficient (Wildman–Crippen LogP) is 0.256. The summed E-state index contributed by atoms with van der Waals surface area (Å²) in [5.41, 5.74) is 0. The van der Waals surface area contributed by atoms with Crippen LogP contribution in [0.4, 0.5) is 0 Å². The summed E-state index contributed by atoms with van der Waals surface area (Å²) >= 11 is -0.464. The van der Waals surface area contributed by atoms with Crippen LogP contribution in [0.1, 0.15) is 6.92 Å². The number of hydrogen-bond donors (Lipinski definition) is 0. The van der Waals surface area contributed by atoms with Gasteiger partial charge in [-0.2, -0.15) is 0 Å². The Hall–Kier alpha value is -1.67. The van der Waals surface area contributed by atoms with Crippen molar-refractivity contribution in [1.82, 2.24) is 0 Å². The molecule has 2 aromatic carbocycles. The first-order chi connectivity index (χ1) is 12.2. The molecule has 0 aliphatic rings. The first-order valence-corrected chi connectivity index (χ1v) is 10.1. The molecule has 0 saturated heterocycles. The third kappa shape index (κ3) is 5.67. The Bertz CT molecular complexity index is 632. The molecule has 2 rings (SSSR count). The van der Waals surface area contributed by atoms with Crippen LogP contribution < -0.4 is 40.2 Å². The molecule has 0 aliphatic carbocycles. The molecule has 0 aromatic heterocycles. The van der Waals surface area contributed by atoms with Crippen molar-refractivity contribution < 1.29 is 44.9 Å². The summed E-state index contributed by atoms with van der Waals surface area (Å²) in [6.07, 6.45) is 0. The van der Waals surface area contributed by atoms with Crippen molar-refractivity contribution in [2.75, 3.05) is 41.2 Å². The van der Waals surface area contributed by atoms with Gasteiger partial charge in [0.2, 0.25) is 0 Å². The topological polar surface area (TPSA) is 46.2 Å². The van der Waals surface area contributed by atoms with Crippen LogP contribution in [0.2, 0.25) is 0 Å². The number of halogens is 1. The van der Waals surface area contributed by atoms with E-state index in [-0.39, 0.29) is 0 Å². The Kier molecular flexibility index (Phi) is 8.14. The Balaban J connectivity index is 2.11. The molecule has 0 fully saturated rings. The minimum atomic E-state index is -0.464. The zero-order valence-corrected chi connectivity index (χ0v) is 17.2. The van der Waals surface area contributed by atoms with Gasteiger partial charge < -0.3 is 0 Å². The Morgan fingerprint density at radius 2 is 1.44 bits per heavy atom. The van der Waals surface area contributed by atoms with Crippen molar-refractivity contribution in [1.29, 1.82) is 0 Å². The number of rotatable bonds is 10. The maximum absolute atomic E-state index is 5.65. The third-order valence-electron chi connectivity index (χ3n) is 3.37. The Morgan fingerprint density at radius 3 is 1.96 bits per heavy atom. The second-order valence-corrected chi connectivity index (χ2v) is 7.80. The fourth-order valence-electron chi connectivity index (χ4n) is 2.12. The van der Waals surface area contributed by atoms with E-state index in [1.807, 2.05) is 31.2 Å². The number of hydrogen-bond acceptors (Lipinski definition) is 5. The zero-order chi connectivity index (χ0) is 18.1. The Morgan fingerprint density at radius 1 is 0.800 bits per heavy atom. The van der Waals surface area contributed by atoms with E-state index in [0.29, 0.717) is 19.8 Å². The van der Waals surface area contributed by atoms with E-state index in [2.05, 4.69) is 12.1 Å². The van der Waals surface area contributed by atoms with Gasteiger partial charge in [-0.25, -0.2) is 0 Å². The molecule has 0 unspecified atom stereocenters. The van der Waals surface area contributed by atoms with Gasteiger partial charge >= 0.3 is 159 Å². The van der Waals surface area contributed by atoms with Crippen molar-refractivity contribution in [3.8, 4) is 23.0 Å². The summed E-state index contributed by atoms with van der Waals surface area (Å²) in [5.74, 6) is 3.16. The molecule has 138 valence electrons. The minimum absolute atomic E-state index is 0.464. The van der Waals surface area contributed by atoms with Gasteiger partial charge in [-0.05, 0) is 0 Å². The molecular formula is C19H24IO5-. The van der Waals surface area contributed by atoms with Gasteiger partial charge in [0.05, 0.1) is 0 Å². The van der Waals surface area contributed by atoms with Crippen LogP contribution in [-0.2, 0) is 4.74 Å². The van der Waals surface area contributed by atoms with Crippen LogP contribution in [0.3, 0.4) is 0 Å². The van der Waals surface area contributed by atoms with Crippen molar-refractivity contribution in [2.45, 2.75) is 6.92 Å². The van der Waals surface area contributed by atoms with Crippen molar-refractivity contribution in [2.24, 2.45) is 0 Å². The molecule has 6 heteroatoms. The maximum atomic E-state index is 5.65. The fourth-order valence-corrected chi connectivity index (χ4v) is 4.75. The first-order valence-electron chi connectivity index (χ1n) is 7.97. The van der Waals surface area contributed by atoms with Crippen LogP contribution in [0.15, 0.2) is 36.4 Å². The summed E-state index contributed by atoms with van der Waals surface area (Å²) < 4.78 is 29.6. The van der Waals surface area contributed by atoms with E-state index in [9.17, 15) is 0 Å². The van der Waals surface area contributed by atoms with Gasteiger partial charge in [0.1, 0.15) is 0 Å². The second kappa shape index (κ2) is 10.4. The molecule has 25 heavy (non-hydrogen) atoms. The number of methoxy groups -OCH3 is 3. The molecule has 2 aromatic rings. The van der Waals surface area contributed by atoms with E-state index in [1.165, 1.54) is 3.57 Å². The second-order valence-electron chi connectivity index (χ2n) is 4.94. The zero-order valence-electron chi connectivity index (χ0n) is 15.0. The van der Waals surface area contributed by atoms with Gasteiger partial charge in [-0.15, -0.1) is 0 Å². The molecule has 5 nitrogen and oxygen atoms in total. The summed E-state index contributed by atoms with van der Waals surface area (Å²) in [5, 5.41) is 0. The van der Waals surface area contributed by atoms with Crippen molar-refractivity contribution >= 4 is 0 Å². The molecule has 0 atom stereocenters. The van der Waals surface area contributed by atoms with Crippen LogP contribution in [0.5, 0.6) is 23.0 Å². The molecule has 0 aliphatic heterocycles. The van der Waals surface area contributed by atoms with Gasteiger partial charge in [0.15, 0.2) is 0 Å². The predicted molar refractivity (Wildman–Crippen MR) is 91.9 cm³/mol. The van der Waals surface area contributed by atoms with Crippen molar-refractivity contribution in [3.05, 3.63) is 43.5 Å². The molecule has 0 N–H and O–H groups in total. The molecule has 0 amide bonds. The SMILES string of the molecule is CCOCCOc1ccc([I-]c2c(OC)cc(OC)cc2OC)cc1. The van der Waals surface area contributed by atoms with Crippen LogP contribution in [0, 0.1) is 7.14 Å². The summed E-state index contributed by atoms with van der Waals surface area (Å²) in [6, 6.07) is 11.9. The van der Waals surface area contributed by atoms with Crippen LogP contribution >= 0.6 is 0 Å². The third-order valence-corrected chi connectivity index (χ3v) is 6.32. The number of ether oxygens (including phenoxy) is 5. The van der Waals surface area contributed by atoms with Gasteiger partial charge in [0, 0.05) is 0 Å². The standard InChI is InChI=1S/C19H24IO5/c1-5-24-10-11-25-15-8-6-14(7-9-15)20-19-17(22-3)12-16(21-2)13-18(19)23-4/h6-9,12-13H,5,10-11H2,1-4H3/q-1. The molecular weight excluding hydrogens is 435 g/mol. The average Bonchev–Trinajstić information content (AvgIpc) is 2.66.